The summed E-state index contributed by atoms with van der Waals surface area (Å²) in [6, 6.07) is 23.1. The highest BCUT2D eigenvalue weighted by Gasteiger charge is 2.26. The van der Waals surface area contributed by atoms with Gasteiger partial charge in [0.05, 0.1) is 13.5 Å². The van der Waals surface area contributed by atoms with Gasteiger partial charge in [-0.3, -0.25) is 9.59 Å². The number of aromatic nitrogens is 1. The third kappa shape index (κ3) is 5.05. The molecule has 0 spiro atoms. The molecular weight excluding hydrogens is 454 g/mol. The Hall–Kier alpha value is -4.26. The molecule has 184 valence electrons. The van der Waals surface area contributed by atoms with E-state index in [-0.39, 0.29) is 11.8 Å². The first-order valence-electron chi connectivity index (χ1n) is 12.1. The number of benzene rings is 3. The van der Waals surface area contributed by atoms with Crippen LogP contribution in [0.15, 0.2) is 79.0 Å². The molecule has 3 aromatic carbocycles. The molecule has 0 unspecified atom stereocenters. The normalized spacial score (nSPS) is 13.6. The minimum Gasteiger partial charge on any atom is -0.493 e. The maximum atomic E-state index is 13.2. The van der Waals surface area contributed by atoms with Crippen LogP contribution in [-0.2, 0) is 17.8 Å². The lowest BCUT2D eigenvalue weighted by molar-refractivity contribution is -0.131. The zero-order chi connectivity index (χ0) is 24.9. The van der Waals surface area contributed by atoms with Crippen LogP contribution in [-0.4, -0.2) is 59.9 Å². The van der Waals surface area contributed by atoms with Crippen LogP contribution in [0.1, 0.15) is 21.5 Å². The van der Waals surface area contributed by atoms with E-state index >= 15 is 0 Å². The Kier molecular flexibility index (Phi) is 6.89. The first-order valence-corrected chi connectivity index (χ1v) is 12.1. The van der Waals surface area contributed by atoms with E-state index in [2.05, 4.69) is 4.98 Å². The quantitative estimate of drug-likeness (QED) is 0.426. The van der Waals surface area contributed by atoms with Gasteiger partial charge >= 0.3 is 0 Å². The van der Waals surface area contributed by atoms with Gasteiger partial charge in [-0.25, -0.2) is 0 Å². The molecule has 4 aromatic rings. The Bertz CT molecular complexity index is 1360. The Morgan fingerprint density at radius 3 is 2.36 bits per heavy atom. The SMILES string of the molecule is COc1cc(C(=O)N2CCN(C(=O)Cc3c[nH]c4ccccc34)CC2)ccc1OCc1ccccc1. The number of carbonyl (C=O) groups is 2. The minimum absolute atomic E-state index is 0.0772. The Morgan fingerprint density at radius 2 is 1.58 bits per heavy atom. The van der Waals surface area contributed by atoms with Gasteiger partial charge in [-0.1, -0.05) is 48.5 Å². The van der Waals surface area contributed by atoms with Crippen molar-refractivity contribution in [3.63, 3.8) is 0 Å². The van der Waals surface area contributed by atoms with Crippen molar-refractivity contribution in [3.8, 4) is 11.5 Å². The molecule has 7 nitrogen and oxygen atoms in total. The predicted molar refractivity (Wildman–Crippen MR) is 138 cm³/mol. The van der Waals surface area contributed by atoms with Crippen LogP contribution in [0, 0.1) is 0 Å². The molecule has 2 heterocycles. The van der Waals surface area contributed by atoms with Gasteiger partial charge < -0.3 is 24.3 Å². The molecule has 5 rings (SSSR count). The fourth-order valence-electron chi connectivity index (χ4n) is 4.55. The molecular formula is C29H29N3O4. The van der Waals surface area contributed by atoms with Crippen LogP contribution >= 0.6 is 0 Å². The number of hydrogen-bond acceptors (Lipinski definition) is 4. The van der Waals surface area contributed by atoms with E-state index < -0.39 is 0 Å². The summed E-state index contributed by atoms with van der Waals surface area (Å²) in [6.07, 6.45) is 2.25. The second-order valence-corrected chi connectivity index (χ2v) is 8.85. The monoisotopic (exact) mass is 483 g/mol. The van der Waals surface area contributed by atoms with Gasteiger partial charge in [-0.15, -0.1) is 0 Å². The molecule has 0 atom stereocenters. The minimum atomic E-state index is -0.0772. The summed E-state index contributed by atoms with van der Waals surface area (Å²) in [5, 5.41) is 1.07. The number of rotatable bonds is 7. The first kappa shape index (κ1) is 23.5. The second kappa shape index (κ2) is 10.6. The third-order valence-corrected chi connectivity index (χ3v) is 6.58. The number of carbonyl (C=O) groups excluding carboxylic acids is 2. The van der Waals surface area contributed by atoms with Crippen molar-refractivity contribution < 1.29 is 19.1 Å². The molecule has 1 aromatic heterocycles. The summed E-state index contributed by atoms with van der Waals surface area (Å²) in [4.78, 5) is 32.9. The van der Waals surface area contributed by atoms with E-state index in [4.69, 9.17) is 9.47 Å². The van der Waals surface area contributed by atoms with Crippen molar-refractivity contribution >= 4 is 22.7 Å². The molecule has 2 amide bonds. The maximum Gasteiger partial charge on any atom is 0.254 e. The number of H-pyrrole nitrogens is 1. The van der Waals surface area contributed by atoms with Crippen molar-refractivity contribution in [2.24, 2.45) is 0 Å². The summed E-state index contributed by atoms with van der Waals surface area (Å²) in [5.41, 5.74) is 3.62. The first-order chi connectivity index (χ1) is 17.6. The molecule has 0 aliphatic carbocycles. The van der Waals surface area contributed by atoms with Gasteiger partial charge in [-0.05, 0) is 35.4 Å². The van der Waals surface area contributed by atoms with E-state index in [1.807, 2.05) is 65.7 Å². The van der Waals surface area contributed by atoms with Crippen LogP contribution in [0.2, 0.25) is 0 Å². The van der Waals surface area contributed by atoms with E-state index in [1.54, 1.807) is 30.2 Å². The fraction of sp³-hybridized carbons (Fsp3) is 0.241. The van der Waals surface area contributed by atoms with Crippen molar-refractivity contribution in [3.05, 3.63) is 95.7 Å². The Morgan fingerprint density at radius 1 is 0.861 bits per heavy atom. The number of methoxy groups -OCH3 is 1. The van der Waals surface area contributed by atoms with Crippen molar-refractivity contribution in [2.45, 2.75) is 13.0 Å². The molecule has 1 saturated heterocycles. The van der Waals surface area contributed by atoms with Gasteiger partial charge in [0.15, 0.2) is 11.5 Å². The largest absolute Gasteiger partial charge is 0.493 e. The van der Waals surface area contributed by atoms with Crippen molar-refractivity contribution in [1.29, 1.82) is 0 Å². The summed E-state index contributed by atoms with van der Waals surface area (Å²) in [5.74, 6) is 1.11. The number of para-hydroxylation sites is 1. The summed E-state index contributed by atoms with van der Waals surface area (Å²) < 4.78 is 11.4. The number of piperazine rings is 1. The molecule has 1 aliphatic rings. The zero-order valence-corrected chi connectivity index (χ0v) is 20.3. The number of hydrogen-bond donors (Lipinski definition) is 1. The number of aromatic amines is 1. The van der Waals surface area contributed by atoms with Crippen LogP contribution in [0.5, 0.6) is 11.5 Å². The van der Waals surface area contributed by atoms with Crippen molar-refractivity contribution in [2.75, 3.05) is 33.3 Å². The van der Waals surface area contributed by atoms with Gasteiger partial charge in [0.1, 0.15) is 6.61 Å². The number of ether oxygens (including phenoxy) is 2. The number of nitrogens with zero attached hydrogens (tertiary/aromatic N) is 2. The third-order valence-electron chi connectivity index (χ3n) is 6.58. The Balaban J connectivity index is 1.18. The number of fused-ring (bicyclic) bond motifs is 1. The van der Waals surface area contributed by atoms with Crippen LogP contribution < -0.4 is 9.47 Å². The standard InChI is InChI=1S/C29H29N3O4/c1-35-27-17-22(11-12-26(27)36-20-21-7-3-2-4-8-21)29(34)32-15-13-31(14-16-32)28(33)18-23-19-30-25-10-6-5-9-24(23)25/h2-12,17,19,30H,13-16,18,20H2,1H3. The smallest absolute Gasteiger partial charge is 0.254 e. The molecule has 1 fully saturated rings. The Labute approximate surface area is 210 Å². The van der Waals surface area contributed by atoms with Crippen LogP contribution in [0.4, 0.5) is 0 Å². The number of amides is 2. The van der Waals surface area contributed by atoms with E-state index in [1.165, 1.54) is 0 Å². The number of nitrogens with one attached hydrogen (secondary N) is 1. The molecule has 0 saturated carbocycles. The van der Waals surface area contributed by atoms with E-state index in [9.17, 15) is 9.59 Å². The van der Waals surface area contributed by atoms with E-state index in [0.717, 1.165) is 22.0 Å². The van der Waals surface area contributed by atoms with Crippen LogP contribution in [0.3, 0.4) is 0 Å². The van der Waals surface area contributed by atoms with E-state index in [0.29, 0.717) is 56.3 Å². The average molecular weight is 484 g/mol. The highest BCUT2D eigenvalue weighted by atomic mass is 16.5. The molecule has 1 N–H and O–H groups in total. The molecule has 0 bridgehead atoms. The maximum absolute atomic E-state index is 13.2. The van der Waals surface area contributed by atoms with Gasteiger partial charge in [0, 0.05) is 48.8 Å². The molecule has 36 heavy (non-hydrogen) atoms. The summed E-state index contributed by atoms with van der Waals surface area (Å²) >= 11 is 0. The van der Waals surface area contributed by atoms with Gasteiger partial charge in [0.25, 0.3) is 5.91 Å². The predicted octanol–water partition coefficient (Wildman–Crippen LogP) is 4.28. The highest BCUT2D eigenvalue weighted by molar-refractivity contribution is 5.95. The molecule has 0 radical (unpaired) electrons. The topological polar surface area (TPSA) is 74.9 Å². The van der Waals surface area contributed by atoms with Gasteiger partial charge in [-0.2, -0.15) is 0 Å². The fourth-order valence-corrected chi connectivity index (χ4v) is 4.55. The van der Waals surface area contributed by atoms with Gasteiger partial charge in [0.2, 0.25) is 5.91 Å². The zero-order valence-electron chi connectivity index (χ0n) is 20.3. The highest BCUT2D eigenvalue weighted by Crippen LogP contribution is 2.29. The van der Waals surface area contributed by atoms with Crippen LogP contribution in [0.25, 0.3) is 10.9 Å². The summed E-state index contributed by atoms with van der Waals surface area (Å²) in [6.45, 7) is 2.43. The summed E-state index contributed by atoms with van der Waals surface area (Å²) in [7, 11) is 1.57. The molecule has 7 heteroatoms. The molecule has 1 aliphatic heterocycles. The lowest BCUT2D eigenvalue weighted by Gasteiger charge is -2.35. The second-order valence-electron chi connectivity index (χ2n) is 8.85. The lowest BCUT2D eigenvalue weighted by Crippen LogP contribution is -2.51. The van der Waals surface area contributed by atoms with Crippen molar-refractivity contribution in [1.82, 2.24) is 14.8 Å². The lowest BCUT2D eigenvalue weighted by atomic mass is 10.1. The average Bonchev–Trinajstić information content (AvgIpc) is 3.34.